The van der Waals surface area contributed by atoms with Gasteiger partial charge in [0.15, 0.2) is 6.61 Å². The van der Waals surface area contributed by atoms with E-state index in [9.17, 15) is 14.4 Å². The van der Waals surface area contributed by atoms with Gasteiger partial charge in [-0.05, 0) is 47.6 Å². The van der Waals surface area contributed by atoms with Crippen LogP contribution in [0.2, 0.25) is 0 Å². The van der Waals surface area contributed by atoms with Crippen LogP contribution >= 0.6 is 0 Å². The first-order chi connectivity index (χ1) is 17.1. The Hall–Kier alpha value is -4.39. The van der Waals surface area contributed by atoms with Crippen molar-refractivity contribution in [2.75, 3.05) is 11.9 Å². The highest BCUT2D eigenvalue weighted by molar-refractivity contribution is 6.30. The van der Waals surface area contributed by atoms with Gasteiger partial charge in [-0.1, -0.05) is 54.6 Å². The van der Waals surface area contributed by atoms with E-state index in [1.165, 1.54) is 0 Å². The smallest absolute Gasteiger partial charge is 0.341 e. The molecule has 0 bridgehead atoms. The van der Waals surface area contributed by atoms with Crippen molar-refractivity contribution in [3.8, 4) is 16.9 Å². The normalized spacial score (nSPS) is 12.9. The highest BCUT2D eigenvalue weighted by Crippen LogP contribution is 2.50. The van der Waals surface area contributed by atoms with Crippen molar-refractivity contribution < 1.29 is 24.2 Å². The third-order valence-electron chi connectivity index (χ3n) is 6.22. The Kier molecular flexibility index (Phi) is 6.06. The molecule has 2 aromatic heterocycles. The van der Waals surface area contributed by atoms with Gasteiger partial charge in [0.05, 0.1) is 5.69 Å². The maximum atomic E-state index is 12.2. The summed E-state index contributed by atoms with van der Waals surface area (Å²) in [6, 6.07) is 21.8. The molecule has 0 saturated heterocycles. The summed E-state index contributed by atoms with van der Waals surface area (Å²) < 4.78 is 7.54. The van der Waals surface area contributed by atoms with Crippen LogP contribution in [-0.4, -0.2) is 34.3 Å². The van der Waals surface area contributed by atoms with Crippen LogP contribution in [0.25, 0.3) is 16.6 Å². The third-order valence-corrected chi connectivity index (χ3v) is 6.22. The van der Waals surface area contributed by atoms with E-state index in [1.54, 1.807) is 12.1 Å². The van der Waals surface area contributed by atoms with Crippen LogP contribution in [0.5, 0.6) is 5.75 Å². The first-order valence-corrected chi connectivity index (χ1v) is 11.5. The number of carbonyl (C=O) groups is 3. The van der Waals surface area contributed by atoms with Gasteiger partial charge in [0.1, 0.15) is 11.3 Å². The molecule has 1 saturated carbocycles. The number of carboxylic acids is 1. The van der Waals surface area contributed by atoms with E-state index in [0.29, 0.717) is 23.4 Å². The summed E-state index contributed by atoms with van der Waals surface area (Å²) in [6.45, 7) is -0.517. The van der Waals surface area contributed by atoms with Gasteiger partial charge >= 0.3 is 5.97 Å². The van der Waals surface area contributed by atoms with E-state index in [1.807, 2.05) is 40.9 Å². The average molecular weight is 469 g/mol. The Labute approximate surface area is 202 Å². The number of amides is 1. The van der Waals surface area contributed by atoms with Crippen molar-refractivity contribution in [2.45, 2.75) is 25.2 Å². The number of hydrogen-bond acceptors (Lipinski definition) is 4. The van der Waals surface area contributed by atoms with Crippen molar-refractivity contribution in [2.24, 2.45) is 0 Å². The fourth-order valence-corrected chi connectivity index (χ4v) is 4.64. The number of fused-ring (bicyclic) bond motifs is 1. The minimum atomic E-state index is -1.10. The molecule has 7 nitrogen and oxygen atoms in total. The molecule has 5 rings (SSSR count). The number of pyridine rings is 1. The molecule has 1 aliphatic rings. The topological polar surface area (TPSA) is 97.1 Å². The van der Waals surface area contributed by atoms with Gasteiger partial charge in [-0.25, -0.2) is 4.79 Å². The van der Waals surface area contributed by atoms with Crippen LogP contribution in [0.3, 0.4) is 0 Å². The molecule has 0 atom stereocenters. The van der Waals surface area contributed by atoms with E-state index in [0.717, 1.165) is 40.8 Å². The number of anilines is 1. The summed E-state index contributed by atoms with van der Waals surface area (Å²) in [4.78, 5) is 34.6. The number of rotatable bonds is 9. The number of carbonyl (C=O) groups excluding carboxylic acids is 2. The Morgan fingerprint density at radius 3 is 2.49 bits per heavy atom. The van der Waals surface area contributed by atoms with Gasteiger partial charge in [-0.2, -0.15) is 0 Å². The molecule has 176 valence electrons. The van der Waals surface area contributed by atoms with Crippen LogP contribution < -0.4 is 10.1 Å². The maximum Gasteiger partial charge on any atom is 0.341 e. The molecule has 2 aromatic carbocycles. The lowest BCUT2D eigenvalue weighted by Gasteiger charge is -2.12. The van der Waals surface area contributed by atoms with Gasteiger partial charge < -0.3 is 19.6 Å². The summed E-state index contributed by atoms with van der Waals surface area (Å²) in [6.07, 6.45) is 4.65. The van der Waals surface area contributed by atoms with Gasteiger partial charge in [0.25, 0.3) is 5.91 Å². The second-order valence-electron chi connectivity index (χ2n) is 8.59. The van der Waals surface area contributed by atoms with E-state index in [-0.39, 0.29) is 12.2 Å². The molecule has 0 spiro atoms. The zero-order valence-corrected chi connectivity index (χ0v) is 18.9. The zero-order chi connectivity index (χ0) is 24.4. The van der Waals surface area contributed by atoms with Gasteiger partial charge in [0.2, 0.25) is 6.29 Å². The van der Waals surface area contributed by atoms with Crippen molar-refractivity contribution >= 4 is 29.4 Å². The van der Waals surface area contributed by atoms with Crippen molar-refractivity contribution in [1.29, 1.82) is 0 Å². The molecule has 0 radical (unpaired) electrons. The quantitative estimate of drug-likeness (QED) is 0.275. The Bertz CT molecular complexity index is 1420. The van der Waals surface area contributed by atoms with Crippen LogP contribution in [0.15, 0.2) is 72.9 Å². The summed E-state index contributed by atoms with van der Waals surface area (Å²) in [5.41, 5.74) is 6.35. The standard InChI is InChI=1S/C28H24N2O5/c31-16-24(32)29-27-26(19-12-13-19)22(30-14-6-11-23(28(27)30)35-17-25(33)34)15-20-9-4-5-10-21(20)18-7-2-1-3-8-18/h1-11,14,16,19H,12-13,15,17H2,(H,29,32)(H,33,34). The first-order valence-electron chi connectivity index (χ1n) is 11.5. The van der Waals surface area contributed by atoms with E-state index >= 15 is 0 Å². The molecule has 1 aliphatic carbocycles. The van der Waals surface area contributed by atoms with Crippen molar-refractivity contribution in [3.05, 3.63) is 89.7 Å². The molecule has 0 aliphatic heterocycles. The molecule has 4 aromatic rings. The fraction of sp³-hybridized carbons (Fsp3) is 0.179. The van der Waals surface area contributed by atoms with Gasteiger partial charge in [-0.3, -0.25) is 9.59 Å². The lowest BCUT2D eigenvalue weighted by Crippen LogP contribution is -2.14. The third kappa shape index (κ3) is 4.53. The number of ether oxygens (including phenoxy) is 1. The fourth-order valence-electron chi connectivity index (χ4n) is 4.64. The summed E-state index contributed by atoms with van der Waals surface area (Å²) >= 11 is 0. The number of aldehydes is 1. The minimum absolute atomic E-state index is 0.239. The molecule has 7 heteroatoms. The van der Waals surface area contributed by atoms with E-state index in [4.69, 9.17) is 9.84 Å². The number of aliphatic carboxylic acids is 1. The number of hydrogen-bond donors (Lipinski definition) is 2. The molecule has 2 heterocycles. The number of benzene rings is 2. The molecular formula is C28H24N2O5. The lowest BCUT2D eigenvalue weighted by atomic mass is 9.95. The molecule has 0 unspecified atom stereocenters. The molecule has 1 fully saturated rings. The molecular weight excluding hydrogens is 444 g/mol. The number of aromatic nitrogens is 1. The summed E-state index contributed by atoms with van der Waals surface area (Å²) in [7, 11) is 0. The monoisotopic (exact) mass is 468 g/mol. The Balaban J connectivity index is 1.70. The minimum Gasteiger partial charge on any atom is -0.480 e. The molecule has 2 N–H and O–H groups in total. The predicted octanol–water partition coefficient (Wildman–Crippen LogP) is 4.68. The number of carboxylic acid groups (broad SMARTS) is 1. The summed E-state index contributed by atoms with van der Waals surface area (Å²) in [5, 5.41) is 11.9. The second-order valence-corrected chi connectivity index (χ2v) is 8.59. The van der Waals surface area contributed by atoms with Gasteiger partial charge in [0, 0.05) is 23.9 Å². The zero-order valence-electron chi connectivity index (χ0n) is 18.9. The summed E-state index contributed by atoms with van der Waals surface area (Å²) in [5.74, 6) is -1.29. The SMILES string of the molecule is O=CC(=O)Nc1c(C2CC2)c(Cc2ccccc2-c2ccccc2)n2cccc(OCC(=O)O)c12. The highest BCUT2D eigenvalue weighted by Gasteiger charge is 2.34. The first kappa shape index (κ1) is 22.4. The number of nitrogens with zero attached hydrogens (tertiary/aromatic N) is 1. The molecule has 1 amide bonds. The van der Waals surface area contributed by atoms with Crippen LogP contribution in [-0.2, 0) is 20.8 Å². The Morgan fingerprint density at radius 1 is 1.03 bits per heavy atom. The average Bonchev–Trinajstić information content (AvgIpc) is 3.67. The van der Waals surface area contributed by atoms with Crippen LogP contribution in [0.4, 0.5) is 5.69 Å². The highest BCUT2D eigenvalue weighted by atomic mass is 16.5. The van der Waals surface area contributed by atoms with Gasteiger partial charge in [-0.15, -0.1) is 0 Å². The Morgan fingerprint density at radius 2 is 1.77 bits per heavy atom. The van der Waals surface area contributed by atoms with E-state index < -0.39 is 18.5 Å². The van der Waals surface area contributed by atoms with Crippen LogP contribution in [0, 0.1) is 0 Å². The largest absolute Gasteiger partial charge is 0.480 e. The van der Waals surface area contributed by atoms with E-state index in [2.05, 4.69) is 29.6 Å². The maximum absolute atomic E-state index is 12.2. The van der Waals surface area contributed by atoms with Crippen molar-refractivity contribution in [1.82, 2.24) is 4.40 Å². The van der Waals surface area contributed by atoms with Crippen LogP contribution in [0.1, 0.15) is 35.6 Å². The molecule has 35 heavy (non-hydrogen) atoms. The van der Waals surface area contributed by atoms with Crippen molar-refractivity contribution in [3.63, 3.8) is 0 Å². The lowest BCUT2D eigenvalue weighted by molar-refractivity contribution is -0.139. The predicted molar refractivity (Wildman–Crippen MR) is 132 cm³/mol. The number of nitrogens with one attached hydrogen (secondary N) is 1. The second kappa shape index (κ2) is 9.46.